The van der Waals surface area contributed by atoms with Crippen molar-refractivity contribution in [2.45, 2.75) is 19.8 Å². The predicted molar refractivity (Wildman–Crippen MR) is 75.4 cm³/mol. The van der Waals surface area contributed by atoms with Gasteiger partial charge in [0.15, 0.2) is 0 Å². The molecule has 1 aromatic carbocycles. The van der Waals surface area contributed by atoms with E-state index in [-0.39, 0.29) is 24.2 Å². The number of hydrogen-bond donors (Lipinski definition) is 0. The van der Waals surface area contributed by atoms with Crippen LogP contribution in [0.1, 0.15) is 17.5 Å². The number of nitrogens with zero attached hydrogens (tertiary/aromatic N) is 3. The zero-order chi connectivity index (χ0) is 14.1. The minimum absolute atomic E-state index is 0.173. The van der Waals surface area contributed by atoms with Gasteiger partial charge in [-0.1, -0.05) is 41.2 Å². The average molecular weight is 287 g/mol. The molecule has 0 bridgehead atoms. The zero-order valence-electron chi connectivity index (χ0n) is 10.9. The third-order valence-electron chi connectivity index (χ3n) is 3.34. The van der Waals surface area contributed by atoms with Crippen LogP contribution in [-0.4, -0.2) is 22.0 Å². The Hall–Kier alpha value is -2.08. The fraction of sp³-hybridized carbons (Fsp3) is 0.286. The van der Waals surface area contributed by atoms with Crippen molar-refractivity contribution in [2.24, 2.45) is 5.92 Å². The summed E-state index contributed by atoms with van der Waals surface area (Å²) in [6, 6.07) is 8.01. The first kappa shape index (κ1) is 12.9. The first-order chi connectivity index (χ1) is 9.65. The Kier molecular flexibility index (Phi) is 3.31. The van der Waals surface area contributed by atoms with Gasteiger partial charge in [-0.15, -0.1) is 10.2 Å². The second-order valence-corrected chi connectivity index (χ2v) is 5.69. The average Bonchev–Trinajstić information content (AvgIpc) is 2.99. The summed E-state index contributed by atoms with van der Waals surface area (Å²) in [6.07, 6.45) is 0.827. The Morgan fingerprint density at radius 2 is 2.25 bits per heavy atom. The molecule has 1 aromatic heterocycles. The third-order valence-corrected chi connectivity index (χ3v) is 4.02. The predicted octanol–water partition coefficient (Wildman–Crippen LogP) is 1.97. The second kappa shape index (κ2) is 5.13. The first-order valence-electron chi connectivity index (χ1n) is 6.33. The van der Waals surface area contributed by atoms with Crippen molar-refractivity contribution in [3.63, 3.8) is 0 Å². The van der Waals surface area contributed by atoms with Crippen LogP contribution in [0.4, 0.5) is 5.13 Å². The molecule has 5 nitrogen and oxygen atoms in total. The van der Waals surface area contributed by atoms with E-state index in [9.17, 15) is 9.59 Å². The molecule has 1 unspecified atom stereocenters. The maximum atomic E-state index is 12.3. The van der Waals surface area contributed by atoms with Crippen molar-refractivity contribution in [3.8, 4) is 0 Å². The van der Waals surface area contributed by atoms with Crippen LogP contribution in [0.5, 0.6) is 0 Å². The maximum Gasteiger partial charge on any atom is 0.239 e. The smallest absolute Gasteiger partial charge is 0.239 e. The van der Waals surface area contributed by atoms with Gasteiger partial charge in [-0.05, 0) is 18.9 Å². The van der Waals surface area contributed by atoms with Crippen LogP contribution in [-0.2, 0) is 16.0 Å². The summed E-state index contributed by atoms with van der Waals surface area (Å²) in [5.74, 6) is -0.661. The number of carbonyl (C=O) groups excluding carboxylic acids is 2. The van der Waals surface area contributed by atoms with Crippen LogP contribution in [0.15, 0.2) is 29.8 Å². The molecule has 1 aliphatic heterocycles. The van der Waals surface area contributed by atoms with E-state index in [4.69, 9.17) is 0 Å². The van der Waals surface area contributed by atoms with Crippen LogP contribution < -0.4 is 4.90 Å². The normalized spacial score (nSPS) is 18.9. The molecule has 0 N–H and O–H groups in total. The zero-order valence-corrected chi connectivity index (χ0v) is 11.8. The monoisotopic (exact) mass is 287 g/mol. The summed E-state index contributed by atoms with van der Waals surface area (Å²) in [4.78, 5) is 25.5. The van der Waals surface area contributed by atoms with Crippen LogP contribution in [0.3, 0.4) is 0 Å². The van der Waals surface area contributed by atoms with E-state index < -0.39 is 0 Å². The Morgan fingerprint density at radius 1 is 1.40 bits per heavy atom. The number of imide groups is 1. The largest absolute Gasteiger partial charge is 0.274 e. The Labute approximate surface area is 120 Å². The fourth-order valence-corrected chi connectivity index (χ4v) is 3.02. The molecule has 0 saturated carbocycles. The van der Waals surface area contributed by atoms with Crippen molar-refractivity contribution in [1.29, 1.82) is 0 Å². The number of aromatic nitrogens is 2. The van der Waals surface area contributed by atoms with Gasteiger partial charge in [0, 0.05) is 6.42 Å². The van der Waals surface area contributed by atoms with Crippen LogP contribution >= 0.6 is 11.3 Å². The summed E-state index contributed by atoms with van der Waals surface area (Å²) in [5, 5.41) is 7.85. The molecule has 0 radical (unpaired) electrons. The Morgan fingerprint density at radius 3 is 2.95 bits per heavy atom. The SMILES string of the molecule is Cc1cccc(CC2CC(=O)N(c3nncs3)C2=O)c1. The molecule has 3 rings (SSSR count). The molecule has 1 atom stereocenters. The molecule has 0 aliphatic carbocycles. The summed E-state index contributed by atoms with van der Waals surface area (Å²) in [6.45, 7) is 2.01. The molecule has 2 amide bonds. The van der Waals surface area contributed by atoms with Crippen molar-refractivity contribution in [1.82, 2.24) is 10.2 Å². The highest BCUT2D eigenvalue weighted by atomic mass is 32.1. The van der Waals surface area contributed by atoms with E-state index in [1.165, 1.54) is 16.8 Å². The van der Waals surface area contributed by atoms with Gasteiger partial charge in [-0.25, -0.2) is 4.90 Å². The van der Waals surface area contributed by atoms with Gasteiger partial charge in [0.05, 0.1) is 5.92 Å². The lowest BCUT2D eigenvalue weighted by atomic mass is 9.97. The number of hydrogen-bond acceptors (Lipinski definition) is 5. The van der Waals surface area contributed by atoms with Crippen molar-refractivity contribution >= 4 is 28.3 Å². The van der Waals surface area contributed by atoms with Crippen molar-refractivity contribution in [3.05, 3.63) is 40.9 Å². The lowest BCUT2D eigenvalue weighted by molar-refractivity contribution is -0.122. The minimum atomic E-state index is -0.298. The Bertz CT molecular complexity index is 654. The molecule has 1 aliphatic rings. The molecule has 6 heteroatoms. The molecule has 2 aromatic rings. The standard InChI is InChI=1S/C14H13N3O2S/c1-9-3-2-4-10(5-9)6-11-7-12(18)17(13(11)19)14-16-15-8-20-14/h2-5,8,11H,6-7H2,1H3. The molecule has 2 heterocycles. The topological polar surface area (TPSA) is 63.2 Å². The summed E-state index contributed by atoms with van der Waals surface area (Å²) < 4.78 is 0. The van der Waals surface area contributed by atoms with Gasteiger partial charge in [0.2, 0.25) is 16.9 Å². The van der Waals surface area contributed by atoms with Crippen molar-refractivity contribution in [2.75, 3.05) is 4.90 Å². The van der Waals surface area contributed by atoms with Crippen LogP contribution in [0.25, 0.3) is 0 Å². The van der Waals surface area contributed by atoms with E-state index in [2.05, 4.69) is 10.2 Å². The number of amides is 2. The molecule has 1 saturated heterocycles. The second-order valence-electron chi connectivity index (χ2n) is 4.88. The fourth-order valence-electron chi connectivity index (χ4n) is 2.44. The highest BCUT2D eigenvalue weighted by molar-refractivity contribution is 7.13. The molecule has 102 valence electrons. The van der Waals surface area contributed by atoms with Crippen molar-refractivity contribution < 1.29 is 9.59 Å². The van der Waals surface area contributed by atoms with E-state index in [0.29, 0.717) is 11.6 Å². The third kappa shape index (κ3) is 2.34. The van der Waals surface area contributed by atoms with E-state index in [1.807, 2.05) is 31.2 Å². The summed E-state index contributed by atoms with van der Waals surface area (Å²) in [5.41, 5.74) is 3.75. The van der Waals surface area contributed by atoms with Gasteiger partial charge >= 0.3 is 0 Å². The maximum absolute atomic E-state index is 12.3. The molecule has 20 heavy (non-hydrogen) atoms. The molecule has 1 fully saturated rings. The lowest BCUT2D eigenvalue weighted by Gasteiger charge is -2.11. The summed E-state index contributed by atoms with van der Waals surface area (Å²) in [7, 11) is 0. The Balaban J connectivity index is 1.80. The molecular formula is C14H13N3O2S. The molecule has 0 spiro atoms. The van der Waals surface area contributed by atoms with Crippen LogP contribution in [0.2, 0.25) is 0 Å². The number of aryl methyl sites for hydroxylation is 1. The lowest BCUT2D eigenvalue weighted by Crippen LogP contribution is -2.30. The highest BCUT2D eigenvalue weighted by Gasteiger charge is 2.40. The van der Waals surface area contributed by atoms with E-state index in [1.54, 1.807) is 0 Å². The van der Waals surface area contributed by atoms with Gasteiger partial charge in [0.1, 0.15) is 5.51 Å². The number of carbonyl (C=O) groups is 2. The van der Waals surface area contributed by atoms with Gasteiger partial charge in [0.25, 0.3) is 0 Å². The summed E-state index contributed by atoms with van der Waals surface area (Å²) >= 11 is 1.20. The highest BCUT2D eigenvalue weighted by Crippen LogP contribution is 2.29. The van der Waals surface area contributed by atoms with E-state index >= 15 is 0 Å². The molecular weight excluding hydrogens is 274 g/mol. The number of benzene rings is 1. The van der Waals surface area contributed by atoms with Gasteiger partial charge in [-0.2, -0.15) is 0 Å². The first-order valence-corrected chi connectivity index (χ1v) is 7.21. The van der Waals surface area contributed by atoms with Gasteiger partial charge < -0.3 is 0 Å². The number of rotatable bonds is 3. The minimum Gasteiger partial charge on any atom is -0.274 e. The van der Waals surface area contributed by atoms with Crippen LogP contribution in [0, 0.1) is 12.8 Å². The number of anilines is 1. The van der Waals surface area contributed by atoms with E-state index in [0.717, 1.165) is 16.0 Å². The van der Waals surface area contributed by atoms with Gasteiger partial charge in [-0.3, -0.25) is 9.59 Å². The quantitative estimate of drug-likeness (QED) is 0.810.